The second kappa shape index (κ2) is 8.58. The van der Waals surface area contributed by atoms with E-state index in [1.54, 1.807) is 30.6 Å². The van der Waals surface area contributed by atoms with E-state index in [-0.39, 0.29) is 17.8 Å². The quantitative estimate of drug-likeness (QED) is 0.811. The van der Waals surface area contributed by atoms with Crippen LogP contribution in [-0.2, 0) is 11.2 Å². The van der Waals surface area contributed by atoms with Crippen LogP contribution >= 0.6 is 0 Å². The molecule has 3 rings (SSSR count). The summed E-state index contributed by atoms with van der Waals surface area (Å²) in [5, 5.41) is 6.13. The Morgan fingerprint density at radius 1 is 1.28 bits per heavy atom. The summed E-state index contributed by atoms with van der Waals surface area (Å²) in [6, 6.07) is 8.22. The highest BCUT2D eigenvalue weighted by Gasteiger charge is 2.16. The molecule has 5 nitrogen and oxygen atoms in total. The van der Waals surface area contributed by atoms with Gasteiger partial charge in [-0.1, -0.05) is 12.1 Å². The number of hydrogen-bond acceptors (Lipinski definition) is 4. The van der Waals surface area contributed by atoms with E-state index in [4.69, 9.17) is 4.74 Å². The Kier molecular flexibility index (Phi) is 5.95. The first kappa shape index (κ1) is 17.4. The van der Waals surface area contributed by atoms with E-state index in [1.807, 2.05) is 0 Å². The van der Waals surface area contributed by atoms with Gasteiger partial charge in [0.15, 0.2) is 0 Å². The number of aromatic nitrogens is 1. The van der Waals surface area contributed by atoms with Crippen molar-refractivity contribution in [3.05, 3.63) is 59.7 Å². The van der Waals surface area contributed by atoms with E-state index in [9.17, 15) is 9.18 Å². The molecule has 1 aromatic carbocycles. The maximum Gasteiger partial charge on any atom is 0.253 e. The van der Waals surface area contributed by atoms with Crippen LogP contribution in [0.1, 0.15) is 28.8 Å². The zero-order chi connectivity index (χ0) is 17.5. The third kappa shape index (κ3) is 5.26. The molecule has 6 heteroatoms. The second-order valence-electron chi connectivity index (χ2n) is 6.11. The summed E-state index contributed by atoms with van der Waals surface area (Å²) in [6.07, 6.45) is 6.15. The fourth-order valence-corrected chi connectivity index (χ4v) is 2.78. The number of carbonyl (C=O) groups excluding carboxylic acids is 1. The summed E-state index contributed by atoms with van der Waals surface area (Å²) in [5.41, 5.74) is 2.35. The first-order chi connectivity index (χ1) is 12.2. The fraction of sp³-hybridized carbons (Fsp3) is 0.368. The molecular weight excluding hydrogens is 321 g/mol. The third-order valence-corrected chi connectivity index (χ3v) is 4.17. The average Bonchev–Trinajstić information content (AvgIpc) is 3.15. The molecule has 0 bridgehead atoms. The van der Waals surface area contributed by atoms with E-state index in [0.717, 1.165) is 37.1 Å². The predicted molar refractivity (Wildman–Crippen MR) is 94.1 cm³/mol. The predicted octanol–water partition coefficient (Wildman–Crippen LogP) is 2.78. The molecule has 0 aliphatic carbocycles. The number of pyridine rings is 1. The zero-order valence-electron chi connectivity index (χ0n) is 14.0. The molecule has 0 saturated carbocycles. The highest BCUT2D eigenvalue weighted by molar-refractivity contribution is 5.94. The zero-order valence-corrected chi connectivity index (χ0v) is 14.0. The van der Waals surface area contributed by atoms with Gasteiger partial charge in [0, 0.05) is 32.1 Å². The maximum atomic E-state index is 12.9. The lowest BCUT2D eigenvalue weighted by Crippen LogP contribution is -2.31. The van der Waals surface area contributed by atoms with Crippen molar-refractivity contribution in [2.45, 2.75) is 25.4 Å². The van der Waals surface area contributed by atoms with Crippen LogP contribution in [0.15, 0.2) is 42.7 Å². The van der Waals surface area contributed by atoms with Crippen LogP contribution in [0.2, 0.25) is 0 Å². The second-order valence-corrected chi connectivity index (χ2v) is 6.11. The van der Waals surface area contributed by atoms with Crippen molar-refractivity contribution in [3.8, 4) is 0 Å². The number of anilines is 1. The molecule has 1 aromatic heterocycles. The summed E-state index contributed by atoms with van der Waals surface area (Å²) >= 11 is 0. The molecule has 1 unspecified atom stereocenters. The standard InChI is InChI=1S/C19H22FN3O2/c20-16-5-3-14(4-6-16)7-8-22-17-10-15(11-21-12-17)19(24)23-13-18-2-1-9-25-18/h3-6,10-12,18,22H,1-2,7-9,13H2,(H,23,24). The van der Waals surface area contributed by atoms with Gasteiger partial charge in [-0.3, -0.25) is 9.78 Å². The van der Waals surface area contributed by atoms with Crippen molar-refractivity contribution in [1.82, 2.24) is 10.3 Å². The van der Waals surface area contributed by atoms with Crippen molar-refractivity contribution in [2.24, 2.45) is 0 Å². The number of nitrogens with one attached hydrogen (secondary N) is 2. The smallest absolute Gasteiger partial charge is 0.253 e. The molecule has 1 aliphatic heterocycles. The highest BCUT2D eigenvalue weighted by atomic mass is 19.1. The Bertz CT molecular complexity index is 700. The Morgan fingerprint density at radius 2 is 2.12 bits per heavy atom. The molecule has 2 aromatic rings. The van der Waals surface area contributed by atoms with Crippen molar-refractivity contribution >= 4 is 11.6 Å². The van der Waals surface area contributed by atoms with Gasteiger partial charge in [-0.2, -0.15) is 0 Å². The number of benzene rings is 1. The molecule has 2 N–H and O–H groups in total. The van der Waals surface area contributed by atoms with Gasteiger partial charge in [0.1, 0.15) is 5.82 Å². The lowest BCUT2D eigenvalue weighted by Gasteiger charge is -2.11. The number of nitrogens with zero attached hydrogens (tertiary/aromatic N) is 1. The normalized spacial score (nSPS) is 16.6. The number of carbonyl (C=O) groups is 1. The lowest BCUT2D eigenvalue weighted by atomic mass is 10.1. The average molecular weight is 343 g/mol. The van der Waals surface area contributed by atoms with E-state index >= 15 is 0 Å². The Labute approximate surface area is 146 Å². The number of rotatable bonds is 7. The van der Waals surface area contributed by atoms with E-state index in [2.05, 4.69) is 15.6 Å². The molecule has 1 saturated heterocycles. The van der Waals surface area contributed by atoms with E-state index in [1.165, 1.54) is 12.1 Å². The van der Waals surface area contributed by atoms with Crippen LogP contribution in [0.3, 0.4) is 0 Å². The summed E-state index contributed by atoms with van der Waals surface area (Å²) in [7, 11) is 0. The van der Waals surface area contributed by atoms with Crippen LogP contribution in [0.5, 0.6) is 0 Å². The van der Waals surface area contributed by atoms with Crippen LogP contribution in [0, 0.1) is 5.82 Å². The van der Waals surface area contributed by atoms with Crippen LogP contribution in [-0.4, -0.2) is 36.7 Å². The van der Waals surface area contributed by atoms with Crippen LogP contribution in [0.25, 0.3) is 0 Å². The minimum atomic E-state index is -0.234. The number of hydrogen-bond donors (Lipinski definition) is 2. The molecule has 0 spiro atoms. The molecular formula is C19H22FN3O2. The molecule has 0 radical (unpaired) electrons. The lowest BCUT2D eigenvalue weighted by molar-refractivity contribution is 0.0857. The summed E-state index contributed by atoms with van der Waals surface area (Å²) in [5.74, 6) is -0.382. The Hall–Kier alpha value is -2.47. The molecule has 1 atom stereocenters. The molecule has 1 aliphatic rings. The van der Waals surface area contributed by atoms with Crippen molar-refractivity contribution in [3.63, 3.8) is 0 Å². The van der Waals surface area contributed by atoms with Gasteiger partial charge < -0.3 is 15.4 Å². The van der Waals surface area contributed by atoms with Gasteiger partial charge in [-0.25, -0.2) is 4.39 Å². The molecule has 2 heterocycles. The minimum Gasteiger partial charge on any atom is -0.383 e. The van der Waals surface area contributed by atoms with Crippen molar-refractivity contribution < 1.29 is 13.9 Å². The molecule has 25 heavy (non-hydrogen) atoms. The third-order valence-electron chi connectivity index (χ3n) is 4.17. The highest BCUT2D eigenvalue weighted by Crippen LogP contribution is 2.12. The molecule has 1 fully saturated rings. The van der Waals surface area contributed by atoms with Crippen molar-refractivity contribution in [2.75, 3.05) is 25.0 Å². The van der Waals surface area contributed by atoms with Gasteiger partial charge >= 0.3 is 0 Å². The van der Waals surface area contributed by atoms with E-state index in [0.29, 0.717) is 18.7 Å². The number of halogens is 1. The van der Waals surface area contributed by atoms with Gasteiger partial charge in [-0.05, 0) is 43.0 Å². The SMILES string of the molecule is O=C(NCC1CCCO1)c1cncc(NCCc2ccc(F)cc2)c1. The van der Waals surface area contributed by atoms with Crippen LogP contribution < -0.4 is 10.6 Å². The van der Waals surface area contributed by atoms with Gasteiger partial charge in [-0.15, -0.1) is 0 Å². The summed E-state index contributed by atoms with van der Waals surface area (Å²) in [6.45, 7) is 1.98. The summed E-state index contributed by atoms with van der Waals surface area (Å²) in [4.78, 5) is 16.3. The maximum absolute atomic E-state index is 12.9. The first-order valence-electron chi connectivity index (χ1n) is 8.54. The fourth-order valence-electron chi connectivity index (χ4n) is 2.78. The first-order valence-corrected chi connectivity index (χ1v) is 8.54. The van der Waals surface area contributed by atoms with Crippen LogP contribution in [0.4, 0.5) is 10.1 Å². The minimum absolute atomic E-state index is 0.119. The molecule has 132 valence electrons. The van der Waals surface area contributed by atoms with Gasteiger partial charge in [0.25, 0.3) is 5.91 Å². The molecule has 1 amide bonds. The Balaban J connectivity index is 1.48. The number of amides is 1. The summed E-state index contributed by atoms with van der Waals surface area (Å²) < 4.78 is 18.4. The topological polar surface area (TPSA) is 63.2 Å². The largest absolute Gasteiger partial charge is 0.383 e. The van der Waals surface area contributed by atoms with Gasteiger partial charge in [0.2, 0.25) is 0 Å². The number of ether oxygens (including phenoxy) is 1. The van der Waals surface area contributed by atoms with Crippen molar-refractivity contribution in [1.29, 1.82) is 0 Å². The monoisotopic (exact) mass is 343 g/mol. The van der Waals surface area contributed by atoms with Gasteiger partial charge in [0.05, 0.1) is 17.4 Å². The Morgan fingerprint density at radius 3 is 2.88 bits per heavy atom. The van der Waals surface area contributed by atoms with E-state index < -0.39 is 0 Å².